The molecule has 4 N–H and O–H groups in total. The lowest BCUT2D eigenvalue weighted by Crippen LogP contribution is -2.27. The molecule has 1 heterocycles. The van der Waals surface area contributed by atoms with Crippen molar-refractivity contribution in [1.29, 1.82) is 0 Å². The van der Waals surface area contributed by atoms with Crippen molar-refractivity contribution < 1.29 is 18.3 Å². The van der Waals surface area contributed by atoms with E-state index in [1.54, 1.807) is 37.4 Å². The number of hydrogen-bond acceptors (Lipinski definition) is 4. The number of aryl methyl sites for hydroxylation is 1. The summed E-state index contributed by atoms with van der Waals surface area (Å²) in [6.07, 6.45) is 1.62. The van der Waals surface area contributed by atoms with E-state index in [0.717, 1.165) is 12.5 Å². The Morgan fingerprint density at radius 1 is 1.25 bits per heavy atom. The van der Waals surface area contributed by atoms with Crippen LogP contribution in [-0.4, -0.2) is 35.9 Å². The summed E-state index contributed by atoms with van der Waals surface area (Å²) in [6, 6.07) is 7.95. The van der Waals surface area contributed by atoms with Crippen molar-refractivity contribution in [3.05, 3.63) is 53.2 Å². The molecule has 0 spiro atoms. The van der Waals surface area contributed by atoms with Gasteiger partial charge in [-0.1, -0.05) is 13.8 Å². The highest BCUT2D eigenvalue weighted by molar-refractivity contribution is 5.95. The number of amides is 1. The number of benzene rings is 1. The number of nitrogens with two attached hydrogens (primary N) is 1. The fourth-order valence-electron chi connectivity index (χ4n) is 2.76. The molecular formula is C23H31F2N5O2. The summed E-state index contributed by atoms with van der Waals surface area (Å²) >= 11 is 0. The van der Waals surface area contributed by atoms with Crippen molar-refractivity contribution in [2.24, 2.45) is 16.6 Å². The number of halogens is 2. The van der Waals surface area contributed by atoms with E-state index in [0.29, 0.717) is 35.2 Å². The summed E-state index contributed by atoms with van der Waals surface area (Å²) in [4.78, 5) is 21.2. The summed E-state index contributed by atoms with van der Waals surface area (Å²) in [5.74, 6) is -1.71. The third-order valence-corrected chi connectivity index (χ3v) is 4.43. The van der Waals surface area contributed by atoms with Crippen LogP contribution >= 0.6 is 0 Å². The number of guanidine groups is 1. The molecule has 0 bridgehead atoms. The van der Waals surface area contributed by atoms with Crippen LogP contribution < -0.4 is 21.1 Å². The number of anilines is 1. The molecule has 2 rings (SSSR count). The molecule has 1 aromatic heterocycles. The van der Waals surface area contributed by atoms with Gasteiger partial charge in [0.1, 0.15) is 11.6 Å². The van der Waals surface area contributed by atoms with Crippen LogP contribution in [0.3, 0.4) is 0 Å². The van der Waals surface area contributed by atoms with Gasteiger partial charge in [-0.3, -0.25) is 9.79 Å². The Kier molecular flexibility index (Phi) is 8.51. The molecule has 0 aliphatic heterocycles. The highest BCUT2D eigenvalue weighted by Crippen LogP contribution is 2.23. The molecule has 1 aromatic carbocycles. The lowest BCUT2D eigenvalue weighted by Gasteiger charge is -2.17. The minimum absolute atomic E-state index is 0.277. The molecular weight excluding hydrogens is 416 g/mol. The largest absolute Gasteiger partial charge is 0.487 e. The third kappa shape index (κ3) is 8.13. The predicted octanol–water partition coefficient (Wildman–Crippen LogP) is 4.30. The molecule has 0 radical (unpaired) electrons. The van der Waals surface area contributed by atoms with Crippen molar-refractivity contribution in [3.8, 4) is 5.75 Å². The van der Waals surface area contributed by atoms with Crippen LogP contribution in [0.25, 0.3) is 0 Å². The standard InChI is InChI=1S/C23H31F2N5O2/c1-14(2)12-28-22(26)30-20-11-17(8-9-27-20)16(4)29-21(31)18-6-7-19(15(3)10-18)32-13-23(5,24)25/h6-11,14,16H,12-13H2,1-5H3,(H,29,31)(H3,26,27,28,30). The van der Waals surface area contributed by atoms with Crippen LogP contribution in [0.15, 0.2) is 41.5 Å². The number of hydrogen-bond donors (Lipinski definition) is 3. The van der Waals surface area contributed by atoms with Gasteiger partial charge in [-0.15, -0.1) is 0 Å². The van der Waals surface area contributed by atoms with Crippen LogP contribution in [-0.2, 0) is 0 Å². The molecule has 0 aliphatic rings. The van der Waals surface area contributed by atoms with E-state index in [1.807, 2.05) is 20.8 Å². The topological polar surface area (TPSA) is 102 Å². The van der Waals surface area contributed by atoms with E-state index in [9.17, 15) is 13.6 Å². The summed E-state index contributed by atoms with van der Waals surface area (Å²) in [5.41, 5.74) is 7.72. The lowest BCUT2D eigenvalue weighted by molar-refractivity contribution is -0.0231. The van der Waals surface area contributed by atoms with Crippen LogP contribution in [0.2, 0.25) is 0 Å². The second kappa shape index (κ2) is 10.9. The minimum atomic E-state index is -2.93. The fraction of sp³-hybridized carbons (Fsp3) is 0.435. The van der Waals surface area contributed by atoms with E-state index in [2.05, 4.69) is 20.6 Å². The first-order valence-electron chi connectivity index (χ1n) is 10.4. The normalized spacial score (nSPS) is 13.1. The average molecular weight is 448 g/mol. The van der Waals surface area contributed by atoms with Gasteiger partial charge in [0.15, 0.2) is 12.6 Å². The van der Waals surface area contributed by atoms with Gasteiger partial charge in [0.05, 0.1) is 6.04 Å². The molecule has 0 saturated heterocycles. The number of pyridine rings is 1. The molecule has 7 nitrogen and oxygen atoms in total. The number of carbonyl (C=O) groups excluding carboxylic acids is 1. The molecule has 2 aromatic rings. The van der Waals surface area contributed by atoms with Crippen molar-refractivity contribution in [2.75, 3.05) is 18.5 Å². The monoisotopic (exact) mass is 447 g/mol. The van der Waals surface area contributed by atoms with Crippen LogP contribution in [0.5, 0.6) is 5.75 Å². The molecule has 1 amide bonds. The maximum atomic E-state index is 13.0. The van der Waals surface area contributed by atoms with E-state index in [1.165, 1.54) is 6.07 Å². The maximum absolute atomic E-state index is 13.0. The van der Waals surface area contributed by atoms with Gasteiger partial charge in [-0.2, -0.15) is 0 Å². The fourth-order valence-corrected chi connectivity index (χ4v) is 2.76. The molecule has 0 aliphatic carbocycles. The molecule has 0 saturated carbocycles. The van der Waals surface area contributed by atoms with Gasteiger partial charge in [-0.05, 0) is 61.2 Å². The highest BCUT2D eigenvalue weighted by Gasteiger charge is 2.22. The Morgan fingerprint density at radius 2 is 1.97 bits per heavy atom. The van der Waals surface area contributed by atoms with E-state index in [4.69, 9.17) is 10.5 Å². The second-order valence-corrected chi connectivity index (χ2v) is 8.25. The zero-order valence-corrected chi connectivity index (χ0v) is 19.1. The number of rotatable bonds is 9. The van der Waals surface area contributed by atoms with Crippen molar-refractivity contribution in [3.63, 3.8) is 0 Å². The Bertz CT molecular complexity index is 958. The van der Waals surface area contributed by atoms with Gasteiger partial charge < -0.3 is 21.1 Å². The maximum Gasteiger partial charge on any atom is 0.278 e. The number of nitrogens with one attached hydrogen (secondary N) is 2. The molecule has 1 unspecified atom stereocenters. The summed E-state index contributed by atoms with van der Waals surface area (Å²) < 4.78 is 31.2. The zero-order chi connectivity index (χ0) is 23.9. The Hall–Kier alpha value is -3.23. The van der Waals surface area contributed by atoms with Gasteiger partial charge in [0, 0.05) is 25.2 Å². The Labute approximate surface area is 187 Å². The summed E-state index contributed by atoms with van der Waals surface area (Å²) in [5, 5.41) is 5.87. The van der Waals surface area contributed by atoms with E-state index >= 15 is 0 Å². The molecule has 1 atom stereocenters. The van der Waals surface area contributed by atoms with Gasteiger partial charge in [0.25, 0.3) is 11.8 Å². The van der Waals surface area contributed by atoms with Crippen LogP contribution in [0.4, 0.5) is 14.6 Å². The first-order chi connectivity index (χ1) is 14.9. The lowest BCUT2D eigenvalue weighted by atomic mass is 10.1. The first-order valence-corrected chi connectivity index (χ1v) is 10.4. The number of aromatic nitrogens is 1. The van der Waals surface area contributed by atoms with Crippen LogP contribution in [0.1, 0.15) is 55.2 Å². The molecule has 0 fully saturated rings. The van der Waals surface area contributed by atoms with Crippen molar-refractivity contribution >= 4 is 17.7 Å². The number of aliphatic imine (C=N–C) groups is 1. The molecule has 9 heteroatoms. The van der Waals surface area contributed by atoms with Crippen LogP contribution in [0, 0.1) is 12.8 Å². The quantitative estimate of drug-likeness (QED) is 0.393. The van der Waals surface area contributed by atoms with Crippen molar-refractivity contribution in [1.82, 2.24) is 10.3 Å². The Morgan fingerprint density at radius 3 is 2.59 bits per heavy atom. The zero-order valence-electron chi connectivity index (χ0n) is 19.1. The van der Waals surface area contributed by atoms with Gasteiger partial charge in [0.2, 0.25) is 0 Å². The van der Waals surface area contributed by atoms with Gasteiger partial charge in [-0.25, -0.2) is 13.8 Å². The van der Waals surface area contributed by atoms with E-state index in [-0.39, 0.29) is 17.9 Å². The summed E-state index contributed by atoms with van der Waals surface area (Å²) in [6.45, 7) is 8.32. The highest BCUT2D eigenvalue weighted by atomic mass is 19.3. The number of carbonyl (C=O) groups is 1. The molecule has 174 valence electrons. The minimum Gasteiger partial charge on any atom is -0.487 e. The Balaban J connectivity index is 2.03. The van der Waals surface area contributed by atoms with Gasteiger partial charge >= 0.3 is 0 Å². The van der Waals surface area contributed by atoms with Crippen molar-refractivity contribution in [2.45, 2.75) is 46.6 Å². The predicted molar refractivity (Wildman–Crippen MR) is 122 cm³/mol. The first kappa shape index (κ1) is 25.0. The SMILES string of the molecule is Cc1cc(C(=O)NC(C)c2ccnc(NC(N)=NCC(C)C)c2)ccc1OCC(C)(F)F. The second-order valence-electron chi connectivity index (χ2n) is 8.25. The number of ether oxygens (including phenoxy) is 1. The average Bonchev–Trinajstić information content (AvgIpc) is 2.70. The molecule has 32 heavy (non-hydrogen) atoms. The number of nitrogens with zero attached hydrogens (tertiary/aromatic N) is 2. The van der Waals surface area contributed by atoms with E-state index < -0.39 is 12.5 Å². The number of alkyl halides is 2. The smallest absolute Gasteiger partial charge is 0.278 e. The third-order valence-electron chi connectivity index (χ3n) is 4.43. The summed E-state index contributed by atoms with van der Waals surface area (Å²) in [7, 11) is 0.